The Balaban J connectivity index is 1.65. The quantitative estimate of drug-likeness (QED) is 0.471. The van der Waals surface area contributed by atoms with Crippen molar-refractivity contribution in [1.29, 1.82) is 0 Å². The van der Waals surface area contributed by atoms with E-state index in [-0.39, 0.29) is 6.10 Å². The molecule has 0 amide bonds. The molecule has 3 heteroatoms. The highest BCUT2D eigenvalue weighted by Crippen LogP contribution is 2.68. The Morgan fingerprint density at radius 3 is 2.41 bits per heavy atom. The molecule has 2 aliphatic rings. The minimum absolute atomic E-state index is 0.157. The second-order valence-corrected chi connectivity index (χ2v) is 9.58. The molecule has 0 unspecified atom stereocenters. The average molecular weight is 399 g/mol. The summed E-state index contributed by atoms with van der Waals surface area (Å²) in [5.74, 6) is 3.37. The summed E-state index contributed by atoms with van der Waals surface area (Å²) in [4.78, 5) is 0. The van der Waals surface area contributed by atoms with E-state index in [4.69, 9.17) is 14.2 Å². The van der Waals surface area contributed by atoms with Gasteiger partial charge in [0.1, 0.15) is 11.5 Å². The number of rotatable bonds is 8. The van der Waals surface area contributed by atoms with Crippen LogP contribution >= 0.6 is 0 Å². The third-order valence-electron chi connectivity index (χ3n) is 6.85. The largest absolute Gasteiger partial charge is 0.497 e. The van der Waals surface area contributed by atoms with E-state index in [1.165, 1.54) is 29.6 Å². The Hall–Kier alpha value is -1.74. The molecule has 0 aromatic heterocycles. The molecule has 1 heterocycles. The lowest BCUT2D eigenvalue weighted by atomic mass is 9.86. The Bertz CT molecular complexity index is 753. The van der Waals surface area contributed by atoms with Crippen LogP contribution in [0.3, 0.4) is 0 Å². The summed E-state index contributed by atoms with van der Waals surface area (Å²) in [6.45, 7) is 15.1. The molecule has 1 aromatic carbocycles. The predicted octanol–water partition coefficient (Wildman–Crippen LogP) is 6.44. The molecule has 2 fully saturated rings. The Morgan fingerprint density at radius 2 is 1.83 bits per heavy atom. The van der Waals surface area contributed by atoms with E-state index in [1.807, 2.05) is 24.3 Å². The highest BCUT2D eigenvalue weighted by Gasteiger charge is 2.65. The Kier molecular flexibility index (Phi) is 6.78. The molecule has 1 aromatic rings. The van der Waals surface area contributed by atoms with Gasteiger partial charge in [0.2, 0.25) is 0 Å². The van der Waals surface area contributed by atoms with Gasteiger partial charge >= 0.3 is 0 Å². The van der Waals surface area contributed by atoms with E-state index in [0.29, 0.717) is 29.8 Å². The zero-order valence-electron chi connectivity index (χ0n) is 19.2. The van der Waals surface area contributed by atoms with Gasteiger partial charge in [0.15, 0.2) is 0 Å². The SMILES string of the molecule is COc1ccc(OC[C@H](C)[C@H]2OC[C@@H]3[C@H](C2=C(C)C)[C@]3(C)CCC=C(C)C)cc1. The summed E-state index contributed by atoms with van der Waals surface area (Å²) < 4.78 is 17.7. The van der Waals surface area contributed by atoms with Crippen molar-refractivity contribution in [2.24, 2.45) is 23.2 Å². The van der Waals surface area contributed by atoms with Crippen LogP contribution in [0, 0.1) is 23.2 Å². The molecular formula is C26H38O3. The average Bonchev–Trinajstić information content (AvgIpc) is 3.29. The van der Waals surface area contributed by atoms with Gasteiger partial charge in [-0.15, -0.1) is 0 Å². The summed E-state index contributed by atoms with van der Waals surface area (Å²) in [5, 5.41) is 0. The standard InChI is InChI=1S/C26H38O3/c1-17(2)9-8-14-26(6)22-16-29-25(23(18(3)4)24(22)26)19(5)15-28-21-12-10-20(27-7)11-13-21/h9-13,19,22,24-25H,8,14-16H2,1-7H3/t19-,22+,24+,25+,26+/m0/s1. The van der Waals surface area contributed by atoms with Crippen LogP contribution in [0.5, 0.6) is 11.5 Å². The molecule has 0 radical (unpaired) electrons. The third-order valence-corrected chi connectivity index (χ3v) is 6.85. The molecule has 0 spiro atoms. The molecule has 1 saturated heterocycles. The summed E-state index contributed by atoms with van der Waals surface area (Å²) >= 11 is 0. The van der Waals surface area contributed by atoms with E-state index in [9.17, 15) is 0 Å². The van der Waals surface area contributed by atoms with Crippen LogP contribution in [0.1, 0.15) is 54.4 Å². The van der Waals surface area contributed by atoms with Gasteiger partial charge in [0.25, 0.3) is 0 Å². The molecule has 5 atom stereocenters. The lowest BCUT2D eigenvalue weighted by molar-refractivity contribution is 0.0000342. The third kappa shape index (κ3) is 4.71. The summed E-state index contributed by atoms with van der Waals surface area (Å²) in [6, 6.07) is 7.80. The van der Waals surface area contributed by atoms with Crippen LogP contribution in [0.25, 0.3) is 0 Å². The zero-order chi connectivity index (χ0) is 21.2. The van der Waals surface area contributed by atoms with Crippen molar-refractivity contribution in [2.75, 3.05) is 20.3 Å². The van der Waals surface area contributed by atoms with Gasteiger partial charge in [0, 0.05) is 5.92 Å². The van der Waals surface area contributed by atoms with Crippen LogP contribution in [0.4, 0.5) is 0 Å². The first-order valence-electron chi connectivity index (χ1n) is 11.0. The van der Waals surface area contributed by atoms with E-state index >= 15 is 0 Å². The van der Waals surface area contributed by atoms with Gasteiger partial charge in [-0.25, -0.2) is 0 Å². The first kappa shape index (κ1) is 22.0. The maximum absolute atomic E-state index is 6.44. The van der Waals surface area contributed by atoms with Crippen LogP contribution in [0.2, 0.25) is 0 Å². The predicted molar refractivity (Wildman–Crippen MR) is 120 cm³/mol. The summed E-state index contributed by atoms with van der Waals surface area (Å²) in [5.41, 5.74) is 4.75. The van der Waals surface area contributed by atoms with Gasteiger partial charge < -0.3 is 14.2 Å². The maximum Gasteiger partial charge on any atom is 0.119 e. The van der Waals surface area contributed by atoms with Crippen molar-refractivity contribution < 1.29 is 14.2 Å². The number of benzene rings is 1. The van der Waals surface area contributed by atoms with Gasteiger partial charge in [-0.3, -0.25) is 0 Å². The lowest BCUT2D eigenvalue weighted by Gasteiger charge is -2.32. The van der Waals surface area contributed by atoms with Crippen LogP contribution in [-0.2, 0) is 4.74 Å². The zero-order valence-corrected chi connectivity index (χ0v) is 19.2. The lowest BCUT2D eigenvalue weighted by Crippen LogP contribution is -2.34. The van der Waals surface area contributed by atoms with E-state index in [2.05, 4.69) is 47.6 Å². The fourth-order valence-electron chi connectivity index (χ4n) is 5.06. The van der Waals surface area contributed by atoms with Gasteiger partial charge in [-0.1, -0.05) is 31.1 Å². The van der Waals surface area contributed by atoms with Crippen molar-refractivity contribution in [3.8, 4) is 11.5 Å². The van der Waals surface area contributed by atoms with Crippen molar-refractivity contribution in [3.05, 3.63) is 47.1 Å². The molecule has 1 saturated carbocycles. The van der Waals surface area contributed by atoms with Crippen LogP contribution in [-0.4, -0.2) is 26.4 Å². The first-order valence-corrected chi connectivity index (χ1v) is 11.0. The molecule has 160 valence electrons. The van der Waals surface area contributed by atoms with Crippen molar-refractivity contribution in [1.82, 2.24) is 0 Å². The molecule has 1 aliphatic heterocycles. The first-order chi connectivity index (χ1) is 13.8. The molecule has 0 N–H and O–H groups in total. The number of allylic oxidation sites excluding steroid dienone is 3. The highest BCUT2D eigenvalue weighted by atomic mass is 16.5. The number of methoxy groups -OCH3 is 1. The summed E-state index contributed by atoms with van der Waals surface area (Å²) in [7, 11) is 1.68. The van der Waals surface area contributed by atoms with Crippen LogP contribution < -0.4 is 9.47 Å². The van der Waals surface area contributed by atoms with Crippen molar-refractivity contribution >= 4 is 0 Å². The molecule has 3 rings (SSSR count). The van der Waals surface area contributed by atoms with Gasteiger partial charge in [0.05, 0.1) is 26.4 Å². The Morgan fingerprint density at radius 1 is 1.17 bits per heavy atom. The number of ether oxygens (including phenoxy) is 3. The maximum atomic E-state index is 6.44. The Labute approximate surface area is 177 Å². The fraction of sp³-hybridized carbons (Fsp3) is 0.615. The monoisotopic (exact) mass is 398 g/mol. The topological polar surface area (TPSA) is 27.7 Å². The highest BCUT2D eigenvalue weighted by molar-refractivity contribution is 5.34. The van der Waals surface area contributed by atoms with Gasteiger partial charge in [-0.2, -0.15) is 0 Å². The molecular weight excluding hydrogens is 360 g/mol. The van der Waals surface area contributed by atoms with E-state index in [1.54, 1.807) is 7.11 Å². The number of fused-ring (bicyclic) bond motifs is 1. The fourth-order valence-corrected chi connectivity index (χ4v) is 5.06. The van der Waals surface area contributed by atoms with Crippen LogP contribution in [0.15, 0.2) is 47.1 Å². The van der Waals surface area contributed by atoms with E-state index < -0.39 is 0 Å². The molecule has 29 heavy (non-hydrogen) atoms. The normalized spacial score (nSPS) is 28.9. The molecule has 0 bridgehead atoms. The minimum atomic E-state index is 0.157. The molecule has 3 nitrogen and oxygen atoms in total. The molecule has 1 aliphatic carbocycles. The summed E-state index contributed by atoms with van der Waals surface area (Å²) in [6.07, 6.45) is 4.95. The van der Waals surface area contributed by atoms with Crippen molar-refractivity contribution in [2.45, 2.75) is 60.5 Å². The second-order valence-electron chi connectivity index (χ2n) is 9.58. The van der Waals surface area contributed by atoms with E-state index in [0.717, 1.165) is 18.1 Å². The number of hydrogen-bond donors (Lipinski definition) is 0. The number of hydrogen-bond acceptors (Lipinski definition) is 3. The minimum Gasteiger partial charge on any atom is -0.497 e. The van der Waals surface area contributed by atoms with Crippen molar-refractivity contribution in [3.63, 3.8) is 0 Å². The smallest absolute Gasteiger partial charge is 0.119 e. The van der Waals surface area contributed by atoms with Gasteiger partial charge in [-0.05, 0) is 87.6 Å². The second kappa shape index (κ2) is 8.95.